The number of benzene rings is 1. The second-order valence-corrected chi connectivity index (χ2v) is 6.74. The summed E-state index contributed by atoms with van der Waals surface area (Å²) in [5.41, 5.74) is 2.12. The van der Waals surface area contributed by atoms with Crippen LogP contribution in [0.2, 0.25) is 0 Å². The highest BCUT2D eigenvalue weighted by Crippen LogP contribution is 2.19. The zero-order chi connectivity index (χ0) is 18.1. The number of piperidine rings is 1. The molecule has 2 atom stereocenters. The van der Waals surface area contributed by atoms with Crippen molar-refractivity contribution < 1.29 is 14.7 Å². The Labute approximate surface area is 149 Å². The number of rotatable bonds is 8. The standard InChI is InChI=1S/C20H28N2O3/c1-15(2)13-17(16-7-4-3-5-8-16)14-22-25-12-10-19-18(20(23)24)9-6-11-21-19/h3-5,7-8,13-15,18-19,21H,6,9-12H2,1-2H3,(H,23,24). The molecule has 0 bridgehead atoms. The normalized spacial score (nSPS) is 21.6. The summed E-state index contributed by atoms with van der Waals surface area (Å²) in [7, 11) is 0. The first-order valence-electron chi connectivity index (χ1n) is 8.96. The van der Waals surface area contributed by atoms with Gasteiger partial charge >= 0.3 is 5.97 Å². The molecule has 2 unspecified atom stereocenters. The summed E-state index contributed by atoms with van der Waals surface area (Å²) in [5, 5.41) is 16.6. The van der Waals surface area contributed by atoms with Crippen molar-refractivity contribution in [3.8, 4) is 0 Å². The third-order valence-electron chi connectivity index (χ3n) is 4.31. The maximum Gasteiger partial charge on any atom is 0.308 e. The molecule has 0 spiro atoms. The van der Waals surface area contributed by atoms with E-state index in [0.29, 0.717) is 18.9 Å². The number of hydrogen-bond donors (Lipinski definition) is 2. The van der Waals surface area contributed by atoms with Crippen LogP contribution in [0.5, 0.6) is 0 Å². The predicted octanol–water partition coefficient (Wildman–Crippen LogP) is 3.57. The number of carboxylic acid groups (broad SMARTS) is 1. The third-order valence-corrected chi connectivity index (χ3v) is 4.31. The summed E-state index contributed by atoms with van der Waals surface area (Å²) in [6.45, 7) is 5.52. The van der Waals surface area contributed by atoms with Crippen molar-refractivity contribution in [2.24, 2.45) is 17.0 Å². The van der Waals surface area contributed by atoms with Crippen molar-refractivity contribution in [3.63, 3.8) is 0 Å². The number of allylic oxidation sites excluding steroid dienone is 2. The lowest BCUT2D eigenvalue weighted by atomic mass is 9.89. The van der Waals surface area contributed by atoms with Gasteiger partial charge in [0.05, 0.1) is 12.1 Å². The van der Waals surface area contributed by atoms with Gasteiger partial charge in [0.25, 0.3) is 0 Å². The fourth-order valence-corrected chi connectivity index (χ4v) is 3.08. The zero-order valence-corrected chi connectivity index (χ0v) is 15.0. The molecule has 136 valence electrons. The third kappa shape index (κ3) is 6.35. The van der Waals surface area contributed by atoms with Gasteiger partial charge in [-0.15, -0.1) is 0 Å². The zero-order valence-electron chi connectivity index (χ0n) is 15.0. The molecule has 1 saturated heterocycles. The summed E-state index contributed by atoms with van der Waals surface area (Å²) >= 11 is 0. The van der Waals surface area contributed by atoms with Crippen LogP contribution in [0.25, 0.3) is 5.57 Å². The SMILES string of the molecule is CC(C)C=C(C=NOCCC1NCCCC1C(=O)O)c1ccccc1. The molecule has 5 nitrogen and oxygen atoms in total. The molecule has 0 saturated carbocycles. The molecule has 1 aliphatic rings. The summed E-state index contributed by atoms with van der Waals surface area (Å²) < 4.78 is 0. The van der Waals surface area contributed by atoms with Crippen molar-refractivity contribution >= 4 is 17.8 Å². The molecule has 1 aromatic carbocycles. The van der Waals surface area contributed by atoms with E-state index in [9.17, 15) is 9.90 Å². The highest BCUT2D eigenvalue weighted by Gasteiger charge is 2.30. The molecule has 25 heavy (non-hydrogen) atoms. The van der Waals surface area contributed by atoms with Gasteiger partial charge in [0.15, 0.2) is 0 Å². The lowest BCUT2D eigenvalue weighted by molar-refractivity contribution is -0.143. The Kier molecular flexibility index (Phi) is 7.67. The molecule has 1 heterocycles. The van der Waals surface area contributed by atoms with Crippen LogP contribution < -0.4 is 5.32 Å². The van der Waals surface area contributed by atoms with E-state index < -0.39 is 5.97 Å². The molecule has 1 aliphatic heterocycles. The van der Waals surface area contributed by atoms with Crippen molar-refractivity contribution in [3.05, 3.63) is 42.0 Å². The van der Waals surface area contributed by atoms with Gasteiger partial charge in [0, 0.05) is 12.5 Å². The second-order valence-electron chi connectivity index (χ2n) is 6.74. The summed E-state index contributed by atoms with van der Waals surface area (Å²) in [6.07, 6.45) is 6.16. The van der Waals surface area contributed by atoms with Crippen molar-refractivity contribution in [1.82, 2.24) is 5.32 Å². The summed E-state index contributed by atoms with van der Waals surface area (Å²) in [5.74, 6) is -0.654. The molecule has 2 N–H and O–H groups in total. The molecule has 1 fully saturated rings. The van der Waals surface area contributed by atoms with Gasteiger partial charge in [-0.2, -0.15) is 0 Å². The summed E-state index contributed by atoms with van der Waals surface area (Å²) in [6, 6.07) is 10.0. The number of hydrogen-bond acceptors (Lipinski definition) is 4. The van der Waals surface area contributed by atoms with E-state index in [1.54, 1.807) is 6.21 Å². The molecular weight excluding hydrogens is 316 g/mol. The highest BCUT2D eigenvalue weighted by molar-refractivity contribution is 6.09. The molecule has 5 heteroatoms. The minimum Gasteiger partial charge on any atom is -0.481 e. The fourth-order valence-electron chi connectivity index (χ4n) is 3.08. The summed E-state index contributed by atoms with van der Waals surface area (Å²) in [4.78, 5) is 16.7. The lowest BCUT2D eigenvalue weighted by Crippen LogP contribution is -2.45. The van der Waals surface area contributed by atoms with Gasteiger partial charge in [-0.3, -0.25) is 4.79 Å². The second kappa shape index (κ2) is 9.99. The van der Waals surface area contributed by atoms with Crippen LogP contribution in [0.4, 0.5) is 0 Å². The van der Waals surface area contributed by atoms with Gasteiger partial charge in [0.1, 0.15) is 6.61 Å². The number of aliphatic carboxylic acids is 1. The molecule has 1 aromatic rings. The molecule has 0 radical (unpaired) electrons. The molecule has 0 aromatic heterocycles. The minimum atomic E-state index is -0.730. The van der Waals surface area contributed by atoms with Crippen LogP contribution in [0.15, 0.2) is 41.6 Å². The molecule has 0 amide bonds. The first kappa shape index (κ1) is 19.2. The first-order chi connectivity index (χ1) is 12.1. The predicted molar refractivity (Wildman–Crippen MR) is 100 cm³/mol. The van der Waals surface area contributed by atoms with Crippen LogP contribution in [0.1, 0.15) is 38.7 Å². The Morgan fingerprint density at radius 3 is 2.84 bits per heavy atom. The molecule has 2 rings (SSSR count). The highest BCUT2D eigenvalue weighted by atomic mass is 16.6. The number of carbonyl (C=O) groups is 1. The topological polar surface area (TPSA) is 70.9 Å². The Morgan fingerprint density at radius 1 is 1.40 bits per heavy atom. The minimum absolute atomic E-state index is 0.0405. The van der Waals surface area contributed by atoms with Gasteiger partial charge in [-0.05, 0) is 36.4 Å². The number of carboxylic acids is 1. The lowest BCUT2D eigenvalue weighted by Gasteiger charge is -2.29. The quantitative estimate of drug-likeness (QED) is 0.430. The van der Waals surface area contributed by atoms with Gasteiger partial charge in [-0.25, -0.2) is 0 Å². The smallest absolute Gasteiger partial charge is 0.308 e. The maximum absolute atomic E-state index is 11.3. The number of oxime groups is 1. The van der Waals surface area contributed by atoms with Gasteiger partial charge in [0.2, 0.25) is 0 Å². The Morgan fingerprint density at radius 2 is 2.16 bits per heavy atom. The van der Waals surface area contributed by atoms with Crippen LogP contribution in [-0.2, 0) is 9.63 Å². The van der Waals surface area contributed by atoms with Crippen molar-refractivity contribution in [1.29, 1.82) is 0 Å². The van der Waals surface area contributed by atoms with Crippen LogP contribution >= 0.6 is 0 Å². The molecule has 0 aliphatic carbocycles. The van der Waals surface area contributed by atoms with Crippen LogP contribution in [0, 0.1) is 11.8 Å². The first-order valence-corrected chi connectivity index (χ1v) is 8.96. The van der Waals surface area contributed by atoms with E-state index in [0.717, 1.165) is 30.5 Å². The van der Waals surface area contributed by atoms with E-state index in [-0.39, 0.29) is 12.0 Å². The van der Waals surface area contributed by atoms with E-state index >= 15 is 0 Å². The van der Waals surface area contributed by atoms with Crippen LogP contribution in [0.3, 0.4) is 0 Å². The van der Waals surface area contributed by atoms with E-state index in [1.807, 2.05) is 30.3 Å². The average molecular weight is 344 g/mol. The van der Waals surface area contributed by atoms with E-state index in [4.69, 9.17) is 4.84 Å². The van der Waals surface area contributed by atoms with Crippen molar-refractivity contribution in [2.75, 3.05) is 13.2 Å². The Balaban J connectivity index is 1.87. The Bertz CT molecular complexity index is 596. The van der Waals surface area contributed by atoms with Crippen LogP contribution in [-0.4, -0.2) is 36.5 Å². The van der Waals surface area contributed by atoms with Gasteiger partial charge in [-0.1, -0.05) is 55.4 Å². The van der Waals surface area contributed by atoms with E-state index in [2.05, 4.69) is 30.4 Å². The largest absolute Gasteiger partial charge is 0.481 e. The van der Waals surface area contributed by atoms with Crippen molar-refractivity contribution in [2.45, 2.75) is 39.2 Å². The fraction of sp³-hybridized carbons (Fsp3) is 0.500. The molecular formula is C20H28N2O3. The number of nitrogens with zero attached hydrogens (tertiary/aromatic N) is 1. The monoisotopic (exact) mass is 344 g/mol. The Hall–Kier alpha value is -2.14. The average Bonchev–Trinajstić information content (AvgIpc) is 2.61. The van der Waals surface area contributed by atoms with E-state index in [1.165, 1.54) is 0 Å². The maximum atomic E-state index is 11.3. The number of nitrogens with one attached hydrogen (secondary N) is 1. The van der Waals surface area contributed by atoms with Gasteiger partial charge < -0.3 is 15.3 Å².